The Bertz CT molecular complexity index is 927. The molecular formula is C19H23N5O3. The number of hydrogen-bond acceptors (Lipinski definition) is 7. The lowest BCUT2D eigenvalue weighted by Gasteiger charge is -2.16. The molecule has 0 bridgehead atoms. The summed E-state index contributed by atoms with van der Waals surface area (Å²) in [4.78, 5) is 13.1. The lowest BCUT2D eigenvalue weighted by atomic mass is 10.1. The predicted molar refractivity (Wildman–Crippen MR) is 100 cm³/mol. The Morgan fingerprint density at radius 2 is 2.04 bits per heavy atom. The number of aryl methyl sites for hydroxylation is 1. The highest BCUT2D eigenvalue weighted by atomic mass is 16.5. The molecule has 3 N–H and O–H groups in total. The van der Waals surface area contributed by atoms with Crippen LogP contribution >= 0.6 is 0 Å². The van der Waals surface area contributed by atoms with Crippen LogP contribution in [0.3, 0.4) is 0 Å². The van der Waals surface area contributed by atoms with Gasteiger partial charge in [-0.25, -0.2) is 15.0 Å². The van der Waals surface area contributed by atoms with Crippen LogP contribution in [0.15, 0.2) is 36.9 Å². The first kappa shape index (κ1) is 17.8. The molecular weight excluding hydrogens is 346 g/mol. The summed E-state index contributed by atoms with van der Waals surface area (Å²) in [6.45, 7) is 3.91. The van der Waals surface area contributed by atoms with Crippen LogP contribution in [-0.4, -0.2) is 48.5 Å². The second-order valence-electron chi connectivity index (χ2n) is 6.94. The Hall–Kier alpha value is -2.55. The summed E-state index contributed by atoms with van der Waals surface area (Å²) < 4.78 is 7.49. The molecule has 142 valence electrons. The Kier molecular flexibility index (Phi) is 4.77. The maximum atomic E-state index is 9.99. The third-order valence-electron chi connectivity index (χ3n) is 4.98. The van der Waals surface area contributed by atoms with E-state index < -0.39 is 18.4 Å². The van der Waals surface area contributed by atoms with Gasteiger partial charge in [-0.05, 0) is 19.4 Å². The first-order chi connectivity index (χ1) is 13.1. The monoisotopic (exact) mass is 369 g/mol. The van der Waals surface area contributed by atoms with Gasteiger partial charge in [-0.15, -0.1) is 0 Å². The van der Waals surface area contributed by atoms with Gasteiger partial charge < -0.3 is 20.3 Å². The van der Waals surface area contributed by atoms with Crippen molar-refractivity contribution in [3.8, 4) is 0 Å². The zero-order chi connectivity index (χ0) is 19.0. The maximum absolute atomic E-state index is 9.99. The van der Waals surface area contributed by atoms with E-state index in [4.69, 9.17) is 4.74 Å². The van der Waals surface area contributed by atoms with Gasteiger partial charge >= 0.3 is 0 Å². The Morgan fingerprint density at radius 3 is 2.74 bits per heavy atom. The van der Waals surface area contributed by atoms with Crippen LogP contribution in [0.4, 0.5) is 5.82 Å². The number of rotatable bonds is 5. The van der Waals surface area contributed by atoms with E-state index in [1.807, 2.05) is 0 Å². The van der Waals surface area contributed by atoms with Crippen molar-refractivity contribution in [1.82, 2.24) is 19.5 Å². The summed E-state index contributed by atoms with van der Waals surface area (Å²) in [7, 11) is 0. The number of nitrogens with zero attached hydrogens (tertiary/aromatic N) is 4. The number of benzene rings is 1. The number of aliphatic hydroxyl groups is 2. The molecule has 8 nitrogen and oxygen atoms in total. The van der Waals surface area contributed by atoms with Gasteiger partial charge in [0.05, 0.1) is 25.1 Å². The van der Waals surface area contributed by atoms with Crippen LogP contribution in [0.2, 0.25) is 0 Å². The van der Waals surface area contributed by atoms with Crippen molar-refractivity contribution in [1.29, 1.82) is 0 Å². The second-order valence-corrected chi connectivity index (χ2v) is 6.94. The summed E-state index contributed by atoms with van der Waals surface area (Å²) >= 11 is 0. The molecule has 1 saturated heterocycles. The number of hydrogen-bond donors (Lipinski definition) is 3. The van der Waals surface area contributed by atoms with Crippen molar-refractivity contribution in [2.45, 2.75) is 44.7 Å². The lowest BCUT2D eigenvalue weighted by Crippen LogP contribution is -2.24. The smallest absolute Gasteiger partial charge is 0.167 e. The molecule has 2 aromatic heterocycles. The van der Waals surface area contributed by atoms with E-state index in [2.05, 4.69) is 58.4 Å². The van der Waals surface area contributed by atoms with Gasteiger partial charge in [-0.1, -0.05) is 29.8 Å². The SMILES string of the molecule is Cc1ccc(C(C)Nc2ncnc3c2ncn3[C@H]2CC(O)[C@@H](CO)O2)cc1. The molecule has 8 heteroatoms. The van der Waals surface area contributed by atoms with Crippen molar-refractivity contribution >= 4 is 17.0 Å². The summed E-state index contributed by atoms with van der Waals surface area (Å²) in [5, 5.41) is 22.7. The van der Waals surface area contributed by atoms with E-state index in [9.17, 15) is 10.2 Å². The first-order valence-corrected chi connectivity index (χ1v) is 9.02. The van der Waals surface area contributed by atoms with Crippen LogP contribution in [-0.2, 0) is 4.74 Å². The molecule has 0 saturated carbocycles. The molecule has 3 heterocycles. The van der Waals surface area contributed by atoms with Crippen LogP contribution < -0.4 is 5.32 Å². The minimum absolute atomic E-state index is 0.0529. The molecule has 1 fully saturated rings. The number of aromatic nitrogens is 4. The average molecular weight is 369 g/mol. The van der Waals surface area contributed by atoms with Gasteiger partial charge in [0.1, 0.15) is 18.7 Å². The van der Waals surface area contributed by atoms with E-state index in [0.29, 0.717) is 23.4 Å². The number of nitrogens with one attached hydrogen (secondary N) is 1. The minimum Gasteiger partial charge on any atom is -0.394 e. The Balaban J connectivity index is 1.60. The molecule has 4 atom stereocenters. The average Bonchev–Trinajstić information content (AvgIpc) is 3.26. The van der Waals surface area contributed by atoms with Crippen molar-refractivity contribution in [3.05, 3.63) is 48.0 Å². The molecule has 27 heavy (non-hydrogen) atoms. The molecule has 1 aliphatic heterocycles. The van der Waals surface area contributed by atoms with Gasteiger partial charge in [0.2, 0.25) is 0 Å². The fourth-order valence-corrected chi connectivity index (χ4v) is 3.36. The van der Waals surface area contributed by atoms with Crippen molar-refractivity contribution in [2.75, 3.05) is 11.9 Å². The normalized spacial score (nSPS) is 23.6. The van der Waals surface area contributed by atoms with Gasteiger partial charge in [0, 0.05) is 6.42 Å². The third kappa shape index (κ3) is 3.39. The molecule has 1 aromatic carbocycles. The van der Waals surface area contributed by atoms with Crippen molar-refractivity contribution in [2.24, 2.45) is 0 Å². The van der Waals surface area contributed by atoms with E-state index in [1.165, 1.54) is 11.9 Å². The lowest BCUT2D eigenvalue weighted by molar-refractivity contribution is -0.0432. The van der Waals surface area contributed by atoms with E-state index >= 15 is 0 Å². The second kappa shape index (κ2) is 7.22. The molecule has 4 rings (SSSR count). The van der Waals surface area contributed by atoms with E-state index in [1.54, 1.807) is 10.9 Å². The van der Waals surface area contributed by atoms with E-state index in [-0.39, 0.29) is 12.6 Å². The summed E-state index contributed by atoms with van der Waals surface area (Å²) in [6, 6.07) is 8.40. The summed E-state index contributed by atoms with van der Waals surface area (Å²) in [5.74, 6) is 0.643. The molecule has 0 spiro atoms. The molecule has 3 aromatic rings. The fraction of sp³-hybridized carbons (Fsp3) is 0.421. The fourth-order valence-electron chi connectivity index (χ4n) is 3.36. The number of imidazole rings is 1. The van der Waals surface area contributed by atoms with Crippen LogP contribution in [0.1, 0.15) is 36.7 Å². The number of ether oxygens (including phenoxy) is 1. The standard InChI is InChI=1S/C19H23N5O3/c1-11-3-5-13(6-4-11)12(2)23-18-17-19(21-9-20-18)24(10-22-17)16-7-14(26)15(8-25)27-16/h3-6,9-10,12,14-16,25-26H,7-8H2,1-2H3,(H,20,21,23)/t12?,14?,15-,16-/m1/s1. The van der Waals surface area contributed by atoms with Crippen LogP contribution in [0, 0.1) is 6.92 Å². The molecule has 1 aliphatic rings. The number of anilines is 1. The van der Waals surface area contributed by atoms with Gasteiger partial charge in [0.25, 0.3) is 0 Å². The van der Waals surface area contributed by atoms with E-state index in [0.717, 1.165) is 5.56 Å². The van der Waals surface area contributed by atoms with Crippen LogP contribution in [0.5, 0.6) is 0 Å². The zero-order valence-corrected chi connectivity index (χ0v) is 15.3. The molecule has 2 unspecified atom stereocenters. The zero-order valence-electron chi connectivity index (χ0n) is 15.3. The highest BCUT2D eigenvalue weighted by molar-refractivity contribution is 5.82. The highest BCUT2D eigenvalue weighted by Crippen LogP contribution is 2.32. The summed E-state index contributed by atoms with van der Waals surface area (Å²) in [5.41, 5.74) is 3.63. The largest absolute Gasteiger partial charge is 0.394 e. The molecule has 0 radical (unpaired) electrons. The third-order valence-corrected chi connectivity index (χ3v) is 4.98. The minimum atomic E-state index is -0.710. The quantitative estimate of drug-likeness (QED) is 0.631. The van der Waals surface area contributed by atoms with Crippen LogP contribution in [0.25, 0.3) is 11.2 Å². The summed E-state index contributed by atoms with van der Waals surface area (Å²) in [6.07, 6.45) is 1.78. The van der Waals surface area contributed by atoms with Gasteiger partial charge in [-0.3, -0.25) is 4.57 Å². The van der Waals surface area contributed by atoms with Crippen molar-refractivity contribution in [3.63, 3.8) is 0 Å². The Morgan fingerprint density at radius 1 is 1.26 bits per heavy atom. The molecule has 0 amide bonds. The predicted octanol–water partition coefficient (Wildman–Crippen LogP) is 1.95. The van der Waals surface area contributed by atoms with Gasteiger partial charge in [-0.2, -0.15) is 0 Å². The Labute approximate surface area is 156 Å². The van der Waals surface area contributed by atoms with Crippen molar-refractivity contribution < 1.29 is 14.9 Å². The number of fused-ring (bicyclic) bond motifs is 1. The maximum Gasteiger partial charge on any atom is 0.167 e. The first-order valence-electron chi connectivity index (χ1n) is 9.02. The number of aliphatic hydroxyl groups excluding tert-OH is 2. The molecule has 0 aliphatic carbocycles. The highest BCUT2D eigenvalue weighted by Gasteiger charge is 2.35. The topological polar surface area (TPSA) is 105 Å². The van der Waals surface area contributed by atoms with Gasteiger partial charge in [0.15, 0.2) is 17.0 Å².